The molecule has 6 rings (SSSR count). The van der Waals surface area contributed by atoms with Crippen molar-refractivity contribution in [3.63, 3.8) is 0 Å². The fourth-order valence-electron chi connectivity index (χ4n) is 5.95. The first-order valence-electron chi connectivity index (χ1n) is 12.4. The van der Waals surface area contributed by atoms with Gasteiger partial charge in [-0.05, 0) is 0 Å². The van der Waals surface area contributed by atoms with Crippen molar-refractivity contribution in [2.75, 3.05) is 0 Å². The van der Waals surface area contributed by atoms with Gasteiger partial charge in [-0.2, -0.15) is 0 Å². The first-order chi connectivity index (χ1) is 18.0. The van der Waals surface area contributed by atoms with Crippen LogP contribution in [0.1, 0.15) is 36.4 Å². The van der Waals surface area contributed by atoms with E-state index in [1.165, 1.54) is 22.3 Å². The molecule has 0 aromatic heterocycles. The first kappa shape index (κ1) is 24.6. The quantitative estimate of drug-likeness (QED) is 0.218. The molecule has 0 saturated heterocycles. The molecule has 184 valence electrons. The van der Waals surface area contributed by atoms with Crippen LogP contribution < -0.4 is 5.63 Å². The van der Waals surface area contributed by atoms with Crippen LogP contribution in [0.15, 0.2) is 109 Å². The van der Waals surface area contributed by atoms with Crippen molar-refractivity contribution in [2.24, 2.45) is 0 Å². The summed E-state index contributed by atoms with van der Waals surface area (Å²) in [6.45, 7) is 2.11. The van der Waals surface area contributed by atoms with Crippen molar-refractivity contribution < 1.29 is 24.8 Å². The van der Waals surface area contributed by atoms with Crippen LogP contribution in [0.5, 0.6) is 11.5 Å². The second-order valence-corrected chi connectivity index (χ2v) is 22.3. The van der Waals surface area contributed by atoms with Crippen molar-refractivity contribution in [1.29, 1.82) is 0 Å². The summed E-state index contributed by atoms with van der Waals surface area (Å²) >= 11 is 7.35. The molecule has 2 aliphatic rings. The van der Waals surface area contributed by atoms with E-state index in [0.717, 1.165) is 11.5 Å². The molecular formula is C32H26Cl2O2Zr. The SMILES string of the molecule is C[CH]=[Zr]([O]c1ccc(Cl)cc1)([O]c1ccc(Cl)cc1)([CH]1C=Cc2ccccc21)[CH]1C=Cc2ccccc21. The van der Waals surface area contributed by atoms with Gasteiger partial charge in [-0.3, -0.25) is 0 Å². The molecule has 0 N–H and O–H groups in total. The number of hydrogen-bond donors (Lipinski definition) is 0. The maximum atomic E-state index is 7.45. The van der Waals surface area contributed by atoms with E-state index in [1.807, 2.05) is 48.5 Å². The number of fused-ring (bicyclic) bond motifs is 2. The van der Waals surface area contributed by atoms with Crippen LogP contribution in [0.3, 0.4) is 0 Å². The van der Waals surface area contributed by atoms with E-state index in [4.69, 9.17) is 28.8 Å². The molecule has 0 spiro atoms. The number of benzene rings is 4. The summed E-state index contributed by atoms with van der Waals surface area (Å²) in [6.07, 6.45) is 8.99. The third-order valence-corrected chi connectivity index (χ3v) is 22.8. The molecule has 4 aromatic rings. The molecule has 2 nitrogen and oxygen atoms in total. The Hall–Kier alpha value is -2.71. The predicted molar refractivity (Wildman–Crippen MR) is 152 cm³/mol. The molecule has 0 fully saturated rings. The topological polar surface area (TPSA) is 18.5 Å². The van der Waals surface area contributed by atoms with Gasteiger partial charge in [-0.1, -0.05) is 0 Å². The van der Waals surface area contributed by atoms with Crippen LogP contribution in [-0.2, 0) is 19.2 Å². The Morgan fingerprint density at radius 1 is 0.595 bits per heavy atom. The number of rotatable bonds is 6. The molecule has 4 aromatic carbocycles. The average Bonchev–Trinajstić information content (AvgIpc) is 3.57. The molecule has 0 heterocycles. The summed E-state index contributed by atoms with van der Waals surface area (Å²) in [5, 5.41) is 1.33. The van der Waals surface area contributed by atoms with Crippen molar-refractivity contribution in [3.8, 4) is 11.5 Å². The van der Waals surface area contributed by atoms with Crippen molar-refractivity contribution in [2.45, 2.75) is 14.2 Å². The fraction of sp³-hybridized carbons (Fsp3) is 0.0938. The summed E-state index contributed by atoms with van der Waals surface area (Å²) in [5.74, 6) is 1.50. The van der Waals surface area contributed by atoms with E-state index in [2.05, 4.69) is 83.5 Å². The molecule has 0 bridgehead atoms. The minimum atomic E-state index is -5.19. The van der Waals surface area contributed by atoms with Gasteiger partial charge in [0.15, 0.2) is 0 Å². The third kappa shape index (κ3) is 4.09. The summed E-state index contributed by atoms with van der Waals surface area (Å²) in [4.78, 5) is 0. The van der Waals surface area contributed by atoms with Crippen molar-refractivity contribution in [3.05, 3.63) is 142 Å². The van der Waals surface area contributed by atoms with Crippen LogP contribution in [0.4, 0.5) is 0 Å². The molecule has 0 radical (unpaired) electrons. The van der Waals surface area contributed by atoms with Gasteiger partial charge < -0.3 is 0 Å². The van der Waals surface area contributed by atoms with Gasteiger partial charge in [0, 0.05) is 0 Å². The van der Waals surface area contributed by atoms with E-state index < -0.39 is 19.2 Å². The van der Waals surface area contributed by atoms with E-state index in [0.29, 0.717) is 10.0 Å². The maximum absolute atomic E-state index is 7.45. The van der Waals surface area contributed by atoms with Crippen LogP contribution in [0, 0.1) is 0 Å². The zero-order valence-corrected chi connectivity index (χ0v) is 24.3. The zero-order chi connectivity index (χ0) is 25.5. The van der Waals surface area contributed by atoms with Crippen LogP contribution in [0.25, 0.3) is 12.2 Å². The van der Waals surface area contributed by atoms with Crippen molar-refractivity contribution in [1.82, 2.24) is 0 Å². The van der Waals surface area contributed by atoms with E-state index in [-0.39, 0.29) is 7.25 Å². The summed E-state index contributed by atoms with van der Waals surface area (Å²) in [6, 6.07) is 32.4. The van der Waals surface area contributed by atoms with Gasteiger partial charge in [0.05, 0.1) is 0 Å². The molecule has 2 atom stereocenters. The fourth-order valence-corrected chi connectivity index (χ4v) is 20.6. The Morgan fingerprint density at radius 2 is 1.00 bits per heavy atom. The normalized spacial score (nSPS) is 17.8. The predicted octanol–water partition coefficient (Wildman–Crippen LogP) is 9.33. The van der Waals surface area contributed by atoms with Gasteiger partial charge in [0.2, 0.25) is 0 Å². The molecule has 5 heteroatoms. The summed E-state index contributed by atoms with van der Waals surface area (Å²) in [5.41, 5.74) is 4.85. The minimum absolute atomic E-state index is 0.0604. The Kier molecular flexibility index (Phi) is 6.36. The second-order valence-electron chi connectivity index (χ2n) is 9.62. The molecule has 2 unspecified atom stereocenters. The Labute approximate surface area is 229 Å². The van der Waals surface area contributed by atoms with Crippen LogP contribution >= 0.6 is 23.2 Å². The molecule has 0 aliphatic heterocycles. The number of halogens is 2. The van der Waals surface area contributed by atoms with Gasteiger partial charge in [0.1, 0.15) is 0 Å². The van der Waals surface area contributed by atoms with Gasteiger partial charge >= 0.3 is 231 Å². The summed E-state index contributed by atoms with van der Waals surface area (Å²) in [7, 11) is 0. The molecule has 0 saturated carbocycles. The van der Waals surface area contributed by atoms with Gasteiger partial charge in [-0.15, -0.1) is 0 Å². The number of hydrogen-bond acceptors (Lipinski definition) is 2. The Morgan fingerprint density at radius 3 is 1.41 bits per heavy atom. The average molecular weight is 605 g/mol. The van der Waals surface area contributed by atoms with Crippen LogP contribution in [0.2, 0.25) is 10.0 Å². The van der Waals surface area contributed by atoms with Crippen molar-refractivity contribution >= 4 is 39.1 Å². The first-order valence-corrected chi connectivity index (χ1v) is 19.4. The molecule has 0 amide bonds. The Bertz CT molecular complexity index is 1480. The third-order valence-electron chi connectivity index (χ3n) is 7.69. The van der Waals surface area contributed by atoms with E-state index in [9.17, 15) is 0 Å². The summed E-state index contributed by atoms with van der Waals surface area (Å²) < 4.78 is 17.1. The molecule has 2 aliphatic carbocycles. The molecular weight excluding hydrogens is 578 g/mol. The van der Waals surface area contributed by atoms with E-state index in [1.54, 1.807) is 0 Å². The zero-order valence-electron chi connectivity index (χ0n) is 20.4. The van der Waals surface area contributed by atoms with Crippen LogP contribution in [-0.4, -0.2) is 3.71 Å². The Balaban J connectivity index is 1.68. The second kappa shape index (κ2) is 9.55. The molecule has 37 heavy (non-hydrogen) atoms. The standard InChI is InChI=1S/2C9H7.2C6H5ClO.C2H4.Zr/c2*1-2-5-9-7-3-6-8(9)4-1;2*7-5-1-3-6(8)4-2-5;1-2;/h2*1-7H;2*1-4,8H;1H,2H3;/q;;;;;+2/p-2. The van der Waals surface area contributed by atoms with E-state index >= 15 is 0 Å². The number of allylic oxidation sites excluding steroid dienone is 2. The van der Waals surface area contributed by atoms with Gasteiger partial charge in [0.25, 0.3) is 0 Å². The monoisotopic (exact) mass is 602 g/mol. The van der Waals surface area contributed by atoms with Gasteiger partial charge in [-0.25, -0.2) is 0 Å².